The summed E-state index contributed by atoms with van der Waals surface area (Å²) in [6.45, 7) is 1.80. The van der Waals surface area contributed by atoms with Gasteiger partial charge in [-0.25, -0.2) is 0 Å². The van der Waals surface area contributed by atoms with Crippen molar-refractivity contribution in [2.75, 3.05) is 5.32 Å². The first-order valence-electron chi connectivity index (χ1n) is 7.33. The van der Waals surface area contributed by atoms with Crippen molar-refractivity contribution in [3.63, 3.8) is 0 Å². The second-order valence-electron chi connectivity index (χ2n) is 5.45. The van der Waals surface area contributed by atoms with Gasteiger partial charge in [-0.3, -0.25) is 9.59 Å². The van der Waals surface area contributed by atoms with Gasteiger partial charge in [0.2, 0.25) is 5.91 Å². The Morgan fingerprint density at radius 3 is 2.46 bits per heavy atom. The van der Waals surface area contributed by atoms with E-state index in [1.807, 2.05) is 12.1 Å². The van der Waals surface area contributed by atoms with Crippen molar-refractivity contribution in [3.8, 4) is 0 Å². The van der Waals surface area contributed by atoms with Crippen LogP contribution in [-0.4, -0.2) is 10.9 Å². The van der Waals surface area contributed by atoms with Gasteiger partial charge in [-0.1, -0.05) is 35.3 Å². The lowest BCUT2D eigenvalue weighted by Gasteiger charge is -2.15. The van der Waals surface area contributed by atoms with Crippen LogP contribution in [-0.2, 0) is 4.79 Å². The number of pyridine rings is 1. The van der Waals surface area contributed by atoms with Gasteiger partial charge in [-0.2, -0.15) is 0 Å². The fourth-order valence-corrected chi connectivity index (χ4v) is 2.84. The first-order chi connectivity index (χ1) is 11.5. The van der Waals surface area contributed by atoms with E-state index in [4.69, 9.17) is 23.2 Å². The second-order valence-corrected chi connectivity index (χ2v) is 6.30. The van der Waals surface area contributed by atoms with E-state index in [2.05, 4.69) is 10.3 Å². The number of anilines is 1. The number of halogens is 2. The zero-order valence-electron chi connectivity index (χ0n) is 12.8. The number of carbonyl (C=O) groups is 1. The molecule has 2 N–H and O–H groups in total. The molecule has 0 aliphatic rings. The van der Waals surface area contributed by atoms with Gasteiger partial charge in [0.05, 0.1) is 16.6 Å². The average molecular weight is 361 g/mol. The molecule has 3 rings (SSSR count). The number of amides is 1. The lowest BCUT2D eigenvalue weighted by Crippen LogP contribution is -2.19. The topological polar surface area (TPSA) is 62.0 Å². The van der Waals surface area contributed by atoms with Crippen LogP contribution in [0.15, 0.2) is 53.5 Å². The van der Waals surface area contributed by atoms with Crippen molar-refractivity contribution < 1.29 is 4.79 Å². The lowest BCUT2D eigenvalue weighted by molar-refractivity contribution is -0.117. The first-order valence-corrected chi connectivity index (χ1v) is 8.09. The summed E-state index contributed by atoms with van der Waals surface area (Å²) in [4.78, 5) is 27.1. The molecule has 0 aliphatic carbocycles. The van der Waals surface area contributed by atoms with E-state index in [1.54, 1.807) is 37.3 Å². The molecule has 0 radical (unpaired) electrons. The third-order valence-electron chi connectivity index (χ3n) is 3.92. The van der Waals surface area contributed by atoms with Crippen molar-refractivity contribution in [2.45, 2.75) is 12.8 Å². The van der Waals surface area contributed by atoms with Crippen molar-refractivity contribution in [2.24, 2.45) is 0 Å². The molecule has 0 unspecified atom stereocenters. The van der Waals surface area contributed by atoms with Gasteiger partial charge < -0.3 is 10.3 Å². The molecule has 0 saturated carbocycles. The second kappa shape index (κ2) is 6.67. The third-order valence-corrected chi connectivity index (χ3v) is 4.48. The minimum absolute atomic E-state index is 0.216. The molecule has 0 aliphatic heterocycles. The number of hydrogen-bond donors (Lipinski definition) is 2. The normalized spacial score (nSPS) is 12.1. The van der Waals surface area contributed by atoms with Gasteiger partial charge in [0.25, 0.3) is 5.56 Å². The van der Waals surface area contributed by atoms with E-state index < -0.39 is 5.92 Å². The highest BCUT2D eigenvalue weighted by Gasteiger charge is 2.18. The summed E-state index contributed by atoms with van der Waals surface area (Å²) in [5.74, 6) is -0.609. The van der Waals surface area contributed by atoms with Crippen molar-refractivity contribution in [1.29, 1.82) is 0 Å². The molecular weight excluding hydrogens is 347 g/mol. The number of nitrogens with one attached hydrogen (secondary N) is 2. The number of fused-ring (bicyclic) bond motifs is 1. The Labute approximate surface area is 148 Å². The Kier molecular flexibility index (Phi) is 4.60. The molecule has 1 heterocycles. The van der Waals surface area contributed by atoms with Crippen molar-refractivity contribution >= 4 is 45.6 Å². The zero-order valence-corrected chi connectivity index (χ0v) is 14.3. The fraction of sp³-hybridized carbons (Fsp3) is 0.111. The number of benzene rings is 2. The maximum Gasteiger partial charge on any atom is 0.255 e. The third kappa shape index (κ3) is 3.16. The van der Waals surface area contributed by atoms with Crippen LogP contribution in [0.1, 0.15) is 18.4 Å². The summed E-state index contributed by atoms with van der Waals surface area (Å²) in [6, 6.07) is 12.0. The molecule has 4 nitrogen and oxygen atoms in total. The van der Waals surface area contributed by atoms with E-state index in [-0.39, 0.29) is 11.5 Å². The standard InChI is InChI=1S/C18H14Cl2N2O2/c1-10(11-2-4-12(19)5-3-11)17(23)22-16-13-8-9-21-18(24)14(13)6-7-15(16)20/h2-10H,1H3,(H,21,24)(H,22,23)/t10-/m0/s1. The highest BCUT2D eigenvalue weighted by atomic mass is 35.5. The van der Waals surface area contributed by atoms with Crippen LogP contribution in [0.25, 0.3) is 10.8 Å². The number of aromatic amines is 1. The predicted octanol–water partition coefficient (Wildman–Crippen LogP) is 4.58. The van der Waals surface area contributed by atoms with Crippen LogP contribution in [0.2, 0.25) is 10.0 Å². The molecule has 3 aromatic rings. The molecule has 0 spiro atoms. The monoisotopic (exact) mass is 360 g/mol. The molecular formula is C18H14Cl2N2O2. The van der Waals surface area contributed by atoms with Gasteiger partial charge in [0.1, 0.15) is 0 Å². The maximum absolute atomic E-state index is 12.6. The highest BCUT2D eigenvalue weighted by Crippen LogP contribution is 2.30. The lowest BCUT2D eigenvalue weighted by atomic mass is 10.00. The minimum Gasteiger partial charge on any atom is -0.329 e. The molecule has 122 valence electrons. The number of hydrogen-bond acceptors (Lipinski definition) is 2. The Morgan fingerprint density at radius 2 is 1.75 bits per heavy atom. The molecule has 24 heavy (non-hydrogen) atoms. The summed E-state index contributed by atoms with van der Waals surface area (Å²) in [5, 5.41) is 4.90. The molecule has 6 heteroatoms. The van der Waals surface area contributed by atoms with Crippen LogP contribution in [0.5, 0.6) is 0 Å². The Bertz CT molecular complexity index is 965. The summed E-state index contributed by atoms with van der Waals surface area (Å²) < 4.78 is 0. The predicted molar refractivity (Wildman–Crippen MR) is 98.1 cm³/mol. The number of H-pyrrole nitrogens is 1. The molecule has 0 fully saturated rings. The van der Waals surface area contributed by atoms with Crippen molar-refractivity contribution in [1.82, 2.24) is 4.98 Å². The van der Waals surface area contributed by atoms with E-state index in [0.717, 1.165) is 5.56 Å². The number of carbonyl (C=O) groups excluding carboxylic acids is 1. The Balaban J connectivity index is 1.96. The number of aromatic nitrogens is 1. The highest BCUT2D eigenvalue weighted by molar-refractivity contribution is 6.35. The Morgan fingerprint density at radius 1 is 1.04 bits per heavy atom. The van der Waals surface area contributed by atoms with Gasteiger partial charge in [0, 0.05) is 22.0 Å². The van der Waals surface area contributed by atoms with Crippen LogP contribution in [0.3, 0.4) is 0 Å². The van der Waals surface area contributed by atoms with Crippen LogP contribution >= 0.6 is 23.2 Å². The maximum atomic E-state index is 12.6. The minimum atomic E-state index is -0.393. The number of rotatable bonds is 3. The molecule has 2 aromatic carbocycles. The van der Waals surface area contributed by atoms with E-state index >= 15 is 0 Å². The van der Waals surface area contributed by atoms with E-state index in [1.165, 1.54) is 6.20 Å². The van der Waals surface area contributed by atoms with Crippen molar-refractivity contribution in [3.05, 3.63) is 74.6 Å². The van der Waals surface area contributed by atoms with Crippen LogP contribution < -0.4 is 10.9 Å². The van der Waals surface area contributed by atoms with E-state index in [9.17, 15) is 9.59 Å². The molecule has 1 aromatic heterocycles. The van der Waals surface area contributed by atoms with E-state index in [0.29, 0.717) is 26.5 Å². The van der Waals surface area contributed by atoms with Crippen LogP contribution in [0.4, 0.5) is 5.69 Å². The first kappa shape index (κ1) is 16.6. The molecule has 1 atom stereocenters. The SMILES string of the molecule is C[C@H](C(=O)Nc1c(Cl)ccc2c(=O)[nH]ccc12)c1ccc(Cl)cc1. The Hall–Kier alpha value is -2.30. The summed E-state index contributed by atoms with van der Waals surface area (Å²) in [5.41, 5.74) is 1.04. The molecule has 0 saturated heterocycles. The summed E-state index contributed by atoms with van der Waals surface area (Å²) in [6.07, 6.45) is 1.53. The smallest absolute Gasteiger partial charge is 0.255 e. The quantitative estimate of drug-likeness (QED) is 0.718. The average Bonchev–Trinajstić information content (AvgIpc) is 2.57. The summed E-state index contributed by atoms with van der Waals surface area (Å²) in [7, 11) is 0. The van der Waals surface area contributed by atoms with Gasteiger partial charge in [0.15, 0.2) is 0 Å². The molecule has 0 bridgehead atoms. The van der Waals surface area contributed by atoms with Gasteiger partial charge in [-0.15, -0.1) is 0 Å². The fourth-order valence-electron chi connectivity index (χ4n) is 2.50. The summed E-state index contributed by atoms with van der Waals surface area (Å²) >= 11 is 12.1. The van der Waals surface area contributed by atoms with Crippen LogP contribution in [0, 0.1) is 0 Å². The van der Waals surface area contributed by atoms with Gasteiger partial charge >= 0.3 is 0 Å². The largest absolute Gasteiger partial charge is 0.329 e. The van der Waals surface area contributed by atoms with Gasteiger partial charge in [-0.05, 0) is 42.8 Å². The molecule has 1 amide bonds. The zero-order chi connectivity index (χ0) is 17.3.